The molecule has 0 fully saturated rings. The third-order valence-corrected chi connectivity index (χ3v) is 11.9. The van der Waals surface area contributed by atoms with Gasteiger partial charge in [-0.2, -0.15) is 0 Å². The van der Waals surface area contributed by atoms with E-state index in [9.17, 15) is 0 Å². The lowest BCUT2D eigenvalue weighted by Gasteiger charge is -2.32. The Morgan fingerprint density at radius 3 is 1.24 bits per heavy atom. The predicted octanol–water partition coefficient (Wildman–Crippen LogP) is 13.3. The quantitative estimate of drug-likeness (QED) is 0.170. The largest absolute Gasteiger partial charge is 0.310 e. The first kappa shape index (κ1) is 33.9. The van der Waals surface area contributed by atoms with Crippen molar-refractivity contribution >= 4 is 17.1 Å². The summed E-state index contributed by atoms with van der Waals surface area (Å²) in [6.07, 6.45) is 0. The Bertz CT molecular complexity index is 2890. The van der Waals surface area contributed by atoms with Crippen molar-refractivity contribution in [3.8, 4) is 56.4 Å². The zero-order chi connectivity index (χ0) is 38.8. The molecule has 0 saturated carbocycles. The van der Waals surface area contributed by atoms with E-state index in [0.717, 1.165) is 33.8 Å². The molecule has 2 aliphatic carbocycles. The molecule has 4 heteroatoms. The molecule has 1 unspecified atom stereocenters. The van der Waals surface area contributed by atoms with Crippen molar-refractivity contribution < 1.29 is 0 Å². The van der Waals surface area contributed by atoms with E-state index in [1.807, 2.05) is 36.4 Å². The van der Waals surface area contributed by atoms with Crippen LogP contribution in [0.25, 0.3) is 56.4 Å². The van der Waals surface area contributed by atoms with Gasteiger partial charge in [0.2, 0.25) is 0 Å². The summed E-state index contributed by atoms with van der Waals surface area (Å²) in [5, 5.41) is 0. The van der Waals surface area contributed by atoms with Gasteiger partial charge >= 0.3 is 0 Å². The lowest BCUT2D eigenvalue weighted by atomic mass is 9.70. The van der Waals surface area contributed by atoms with Crippen LogP contribution in [0, 0.1) is 13.8 Å². The third kappa shape index (κ3) is 5.26. The standard InChI is InChI=1S/C54H38N4/c1-35-21-26-40(27-22-35)58(41-28-23-36(2)24-29-41)42-30-32-46-44-18-10-12-20-48(44)54(50(46)34-42)47-19-11-9-17-43(47)45-31-25-39(33-49(45)54)53-56-51(37-13-5-3-6-14-37)55-52(57-53)38-15-7-4-8-16-38/h3-34H,1-2H3. The molecule has 274 valence electrons. The first-order valence-corrected chi connectivity index (χ1v) is 19.9. The van der Waals surface area contributed by atoms with E-state index in [4.69, 9.17) is 15.0 Å². The van der Waals surface area contributed by atoms with E-state index in [-0.39, 0.29) is 0 Å². The number of fused-ring (bicyclic) bond motifs is 10. The molecule has 0 bridgehead atoms. The average molecular weight is 743 g/mol. The fourth-order valence-electron chi connectivity index (χ4n) is 9.18. The summed E-state index contributed by atoms with van der Waals surface area (Å²) in [4.78, 5) is 17.7. The second kappa shape index (κ2) is 13.4. The highest BCUT2D eigenvalue weighted by atomic mass is 15.1. The van der Waals surface area contributed by atoms with Crippen molar-refractivity contribution in [1.29, 1.82) is 0 Å². The number of nitrogens with zero attached hydrogens (tertiary/aromatic N) is 4. The van der Waals surface area contributed by atoms with Crippen molar-refractivity contribution in [3.05, 3.63) is 228 Å². The Kier molecular flexibility index (Phi) is 7.80. The normalized spacial score (nSPS) is 14.4. The van der Waals surface area contributed by atoms with Crippen LogP contribution in [-0.2, 0) is 5.41 Å². The molecule has 0 saturated heterocycles. The molecule has 1 spiro atoms. The van der Waals surface area contributed by atoms with E-state index in [1.54, 1.807) is 0 Å². The molecule has 58 heavy (non-hydrogen) atoms. The van der Waals surface area contributed by atoms with Gasteiger partial charge in [0.25, 0.3) is 0 Å². The molecule has 11 rings (SSSR count). The minimum Gasteiger partial charge on any atom is -0.310 e. The van der Waals surface area contributed by atoms with Crippen LogP contribution in [0.15, 0.2) is 194 Å². The summed E-state index contributed by atoms with van der Waals surface area (Å²) in [7, 11) is 0. The maximum atomic E-state index is 5.17. The van der Waals surface area contributed by atoms with Crippen LogP contribution in [-0.4, -0.2) is 15.0 Å². The van der Waals surface area contributed by atoms with Gasteiger partial charge in [0.1, 0.15) is 0 Å². The Morgan fingerprint density at radius 2 is 0.724 bits per heavy atom. The Hall–Kier alpha value is -7.43. The highest BCUT2D eigenvalue weighted by Gasteiger charge is 2.52. The van der Waals surface area contributed by atoms with Gasteiger partial charge in [-0.1, -0.05) is 163 Å². The summed E-state index contributed by atoms with van der Waals surface area (Å²) in [6.45, 7) is 4.28. The molecule has 0 radical (unpaired) electrons. The van der Waals surface area contributed by atoms with Crippen LogP contribution in [0.3, 0.4) is 0 Å². The first-order chi connectivity index (χ1) is 28.6. The maximum absolute atomic E-state index is 5.17. The molecule has 2 aliphatic rings. The van der Waals surface area contributed by atoms with E-state index >= 15 is 0 Å². The number of anilines is 3. The number of rotatable bonds is 6. The molecule has 0 N–H and O–H groups in total. The number of hydrogen-bond acceptors (Lipinski definition) is 4. The van der Waals surface area contributed by atoms with Crippen LogP contribution in [0.5, 0.6) is 0 Å². The van der Waals surface area contributed by atoms with E-state index in [2.05, 4.69) is 176 Å². The smallest absolute Gasteiger partial charge is 0.164 e. The monoisotopic (exact) mass is 742 g/mol. The Morgan fingerprint density at radius 1 is 0.328 bits per heavy atom. The molecule has 1 aromatic heterocycles. The number of benzene rings is 8. The van der Waals surface area contributed by atoms with Crippen LogP contribution in [0.2, 0.25) is 0 Å². The fourth-order valence-corrected chi connectivity index (χ4v) is 9.18. The van der Waals surface area contributed by atoms with Crippen LogP contribution in [0.1, 0.15) is 33.4 Å². The van der Waals surface area contributed by atoms with Crippen molar-refractivity contribution in [1.82, 2.24) is 15.0 Å². The van der Waals surface area contributed by atoms with Crippen molar-refractivity contribution in [2.45, 2.75) is 19.3 Å². The van der Waals surface area contributed by atoms with Crippen molar-refractivity contribution in [3.63, 3.8) is 0 Å². The molecule has 4 nitrogen and oxygen atoms in total. The van der Waals surface area contributed by atoms with Crippen molar-refractivity contribution in [2.75, 3.05) is 4.90 Å². The van der Waals surface area contributed by atoms with Gasteiger partial charge in [-0.3, -0.25) is 0 Å². The van der Waals surface area contributed by atoms with Gasteiger partial charge in [-0.05, 0) is 101 Å². The molecule has 0 amide bonds. The van der Waals surface area contributed by atoms with Crippen LogP contribution < -0.4 is 4.90 Å². The van der Waals surface area contributed by atoms with E-state index in [1.165, 1.54) is 55.6 Å². The summed E-state index contributed by atoms with van der Waals surface area (Å²) in [5.74, 6) is 1.94. The fraction of sp³-hybridized carbons (Fsp3) is 0.0556. The maximum Gasteiger partial charge on any atom is 0.164 e. The van der Waals surface area contributed by atoms with Gasteiger partial charge in [-0.15, -0.1) is 0 Å². The molecule has 8 aromatic carbocycles. The minimum atomic E-state index is -0.576. The van der Waals surface area contributed by atoms with Crippen LogP contribution >= 0.6 is 0 Å². The van der Waals surface area contributed by atoms with Crippen LogP contribution in [0.4, 0.5) is 17.1 Å². The van der Waals surface area contributed by atoms with Gasteiger partial charge in [0, 0.05) is 33.8 Å². The van der Waals surface area contributed by atoms with Crippen molar-refractivity contribution in [2.24, 2.45) is 0 Å². The predicted molar refractivity (Wildman–Crippen MR) is 237 cm³/mol. The highest BCUT2D eigenvalue weighted by molar-refractivity contribution is 5.97. The van der Waals surface area contributed by atoms with Gasteiger partial charge in [-0.25, -0.2) is 15.0 Å². The molecule has 9 aromatic rings. The summed E-state index contributed by atoms with van der Waals surface area (Å²) in [6, 6.07) is 69.9. The zero-order valence-electron chi connectivity index (χ0n) is 32.3. The van der Waals surface area contributed by atoms with Gasteiger partial charge in [0.05, 0.1) is 5.41 Å². The molecular weight excluding hydrogens is 705 g/mol. The second-order valence-electron chi connectivity index (χ2n) is 15.4. The number of aromatic nitrogens is 3. The first-order valence-electron chi connectivity index (χ1n) is 19.9. The third-order valence-electron chi connectivity index (χ3n) is 11.9. The van der Waals surface area contributed by atoms with Gasteiger partial charge in [0.15, 0.2) is 17.5 Å². The lowest BCUT2D eigenvalue weighted by molar-refractivity contribution is 0.793. The van der Waals surface area contributed by atoms with E-state index in [0.29, 0.717) is 17.5 Å². The summed E-state index contributed by atoms with van der Waals surface area (Å²) >= 11 is 0. The van der Waals surface area contributed by atoms with E-state index < -0.39 is 5.41 Å². The topological polar surface area (TPSA) is 41.9 Å². The zero-order valence-corrected chi connectivity index (χ0v) is 32.3. The molecule has 1 atom stereocenters. The highest BCUT2D eigenvalue weighted by Crippen LogP contribution is 2.63. The SMILES string of the molecule is Cc1ccc(N(c2ccc(C)cc2)c2ccc3c(c2)C2(c4ccccc4-c4ccc(-c5nc(-c6ccccc6)nc(-c6ccccc6)n5)cc42)c2ccccc2-3)cc1. The Balaban J connectivity index is 1.16. The molecule has 0 aliphatic heterocycles. The molecule has 1 heterocycles. The summed E-state index contributed by atoms with van der Waals surface area (Å²) in [5.41, 5.74) is 18.1. The minimum absolute atomic E-state index is 0.576. The molecular formula is C54H38N4. The Labute approximate surface area is 338 Å². The number of hydrogen-bond donors (Lipinski definition) is 0. The average Bonchev–Trinajstić information content (AvgIpc) is 3.75. The van der Waals surface area contributed by atoms with Gasteiger partial charge < -0.3 is 4.90 Å². The number of aryl methyl sites for hydroxylation is 2. The second-order valence-corrected chi connectivity index (χ2v) is 15.4. The summed E-state index contributed by atoms with van der Waals surface area (Å²) < 4.78 is 0. The lowest BCUT2D eigenvalue weighted by Crippen LogP contribution is -2.26.